The number of nitrogens with one attached hydrogen (secondary N) is 1. The highest BCUT2D eigenvalue weighted by Gasteiger charge is 2.26. The SMILES string of the molecule is Cc1cc(C(=O)NCC2CCCC2CBr)ccc1O. The molecule has 1 aliphatic carbocycles. The van der Waals surface area contributed by atoms with E-state index in [1.54, 1.807) is 25.1 Å². The fourth-order valence-electron chi connectivity index (χ4n) is 2.71. The van der Waals surface area contributed by atoms with E-state index in [1.165, 1.54) is 19.3 Å². The summed E-state index contributed by atoms with van der Waals surface area (Å²) < 4.78 is 0. The zero-order valence-corrected chi connectivity index (χ0v) is 12.7. The van der Waals surface area contributed by atoms with Crippen LogP contribution in [0.5, 0.6) is 5.75 Å². The van der Waals surface area contributed by atoms with Crippen LogP contribution >= 0.6 is 15.9 Å². The zero-order chi connectivity index (χ0) is 13.8. The minimum absolute atomic E-state index is 0.0525. The van der Waals surface area contributed by atoms with Crippen LogP contribution in [-0.2, 0) is 0 Å². The average Bonchev–Trinajstić information content (AvgIpc) is 2.86. The van der Waals surface area contributed by atoms with E-state index in [0.29, 0.717) is 17.4 Å². The Hall–Kier alpha value is -1.03. The summed E-state index contributed by atoms with van der Waals surface area (Å²) in [5.41, 5.74) is 1.34. The molecule has 1 aromatic carbocycles. The predicted molar refractivity (Wildman–Crippen MR) is 79.8 cm³/mol. The Balaban J connectivity index is 1.92. The number of amides is 1. The molecule has 1 fully saturated rings. The molecule has 0 heterocycles. The number of carbonyl (C=O) groups is 1. The summed E-state index contributed by atoms with van der Waals surface area (Å²) in [6.45, 7) is 2.54. The lowest BCUT2D eigenvalue weighted by Gasteiger charge is -2.17. The maximum Gasteiger partial charge on any atom is 0.251 e. The Bertz CT molecular complexity index is 461. The first-order chi connectivity index (χ1) is 9.11. The molecule has 1 aromatic rings. The summed E-state index contributed by atoms with van der Waals surface area (Å²) in [4.78, 5) is 12.1. The van der Waals surface area contributed by atoms with Crippen molar-refractivity contribution in [2.24, 2.45) is 11.8 Å². The van der Waals surface area contributed by atoms with Gasteiger partial charge >= 0.3 is 0 Å². The van der Waals surface area contributed by atoms with Crippen LogP contribution in [0.25, 0.3) is 0 Å². The Morgan fingerprint density at radius 2 is 2.16 bits per heavy atom. The average molecular weight is 326 g/mol. The highest BCUT2D eigenvalue weighted by Crippen LogP contribution is 2.32. The molecule has 1 aliphatic rings. The van der Waals surface area contributed by atoms with Crippen molar-refractivity contribution in [2.45, 2.75) is 26.2 Å². The second kappa shape index (κ2) is 6.42. The first-order valence-electron chi connectivity index (χ1n) is 6.75. The van der Waals surface area contributed by atoms with Crippen LogP contribution in [-0.4, -0.2) is 22.9 Å². The Morgan fingerprint density at radius 1 is 1.42 bits per heavy atom. The number of benzene rings is 1. The normalized spacial score (nSPS) is 22.4. The molecule has 0 spiro atoms. The Morgan fingerprint density at radius 3 is 2.84 bits per heavy atom. The number of aromatic hydroxyl groups is 1. The quantitative estimate of drug-likeness (QED) is 0.835. The van der Waals surface area contributed by atoms with Crippen molar-refractivity contribution >= 4 is 21.8 Å². The van der Waals surface area contributed by atoms with Gasteiger partial charge in [-0.15, -0.1) is 0 Å². The fourth-order valence-corrected chi connectivity index (χ4v) is 3.56. The van der Waals surface area contributed by atoms with Gasteiger partial charge in [-0.1, -0.05) is 22.4 Å². The standard InChI is InChI=1S/C15H20BrNO2/c1-10-7-11(5-6-14(10)18)15(19)17-9-13-4-2-3-12(13)8-16/h5-7,12-13,18H,2-4,8-9H2,1H3,(H,17,19). The van der Waals surface area contributed by atoms with Gasteiger partial charge in [0.05, 0.1) is 0 Å². The van der Waals surface area contributed by atoms with E-state index in [4.69, 9.17) is 0 Å². The molecule has 2 N–H and O–H groups in total. The molecule has 104 valence electrons. The molecule has 4 heteroatoms. The third-order valence-corrected chi connectivity index (χ3v) is 4.83. The van der Waals surface area contributed by atoms with E-state index in [1.807, 2.05) is 0 Å². The first-order valence-corrected chi connectivity index (χ1v) is 7.87. The zero-order valence-electron chi connectivity index (χ0n) is 11.2. The molecule has 0 bridgehead atoms. The van der Waals surface area contributed by atoms with Gasteiger partial charge in [-0.3, -0.25) is 4.79 Å². The molecule has 0 aromatic heterocycles. The first kappa shape index (κ1) is 14.4. The van der Waals surface area contributed by atoms with E-state index in [2.05, 4.69) is 21.2 Å². The van der Waals surface area contributed by atoms with Gasteiger partial charge in [0, 0.05) is 17.4 Å². The van der Waals surface area contributed by atoms with E-state index < -0.39 is 0 Å². The maximum absolute atomic E-state index is 12.1. The van der Waals surface area contributed by atoms with Crippen LogP contribution < -0.4 is 5.32 Å². The number of alkyl halides is 1. The second-order valence-corrected chi connectivity index (χ2v) is 5.96. The van der Waals surface area contributed by atoms with Crippen LogP contribution in [0.15, 0.2) is 18.2 Å². The largest absolute Gasteiger partial charge is 0.508 e. The number of aryl methyl sites for hydroxylation is 1. The number of hydrogen-bond acceptors (Lipinski definition) is 2. The smallest absolute Gasteiger partial charge is 0.251 e. The van der Waals surface area contributed by atoms with E-state index in [9.17, 15) is 9.90 Å². The van der Waals surface area contributed by atoms with Gasteiger partial charge in [-0.25, -0.2) is 0 Å². The molecule has 2 atom stereocenters. The number of hydrogen-bond donors (Lipinski definition) is 2. The Kier molecular flexibility index (Phi) is 4.86. The fraction of sp³-hybridized carbons (Fsp3) is 0.533. The van der Waals surface area contributed by atoms with Gasteiger partial charge < -0.3 is 10.4 Å². The highest BCUT2D eigenvalue weighted by atomic mass is 79.9. The lowest BCUT2D eigenvalue weighted by molar-refractivity contribution is 0.0944. The van der Waals surface area contributed by atoms with Crippen LogP contribution in [0.1, 0.15) is 35.2 Å². The highest BCUT2D eigenvalue weighted by molar-refractivity contribution is 9.09. The minimum Gasteiger partial charge on any atom is -0.508 e. The second-order valence-electron chi connectivity index (χ2n) is 5.32. The van der Waals surface area contributed by atoms with Crippen molar-refractivity contribution in [1.82, 2.24) is 5.32 Å². The van der Waals surface area contributed by atoms with Crippen molar-refractivity contribution in [3.8, 4) is 5.75 Å². The summed E-state index contributed by atoms with van der Waals surface area (Å²) in [6, 6.07) is 4.96. The summed E-state index contributed by atoms with van der Waals surface area (Å²) in [5.74, 6) is 1.44. The number of phenols is 1. The number of rotatable bonds is 4. The van der Waals surface area contributed by atoms with E-state index in [0.717, 1.165) is 17.4 Å². The molecule has 1 amide bonds. The summed E-state index contributed by atoms with van der Waals surface area (Å²) in [5, 5.41) is 13.5. The molecule has 0 aliphatic heterocycles. The molecule has 1 saturated carbocycles. The summed E-state index contributed by atoms with van der Waals surface area (Å²) >= 11 is 3.55. The van der Waals surface area contributed by atoms with Crippen molar-refractivity contribution in [2.75, 3.05) is 11.9 Å². The third-order valence-electron chi connectivity index (χ3n) is 4.00. The topological polar surface area (TPSA) is 49.3 Å². The van der Waals surface area contributed by atoms with Gasteiger partial charge in [0.2, 0.25) is 0 Å². The maximum atomic E-state index is 12.1. The van der Waals surface area contributed by atoms with Gasteiger partial charge in [-0.2, -0.15) is 0 Å². The van der Waals surface area contributed by atoms with Crippen molar-refractivity contribution in [3.05, 3.63) is 29.3 Å². The van der Waals surface area contributed by atoms with E-state index >= 15 is 0 Å². The van der Waals surface area contributed by atoms with Crippen LogP contribution in [0.3, 0.4) is 0 Å². The van der Waals surface area contributed by atoms with Crippen molar-refractivity contribution in [3.63, 3.8) is 0 Å². The number of carbonyl (C=O) groups excluding carboxylic acids is 1. The van der Waals surface area contributed by atoms with Crippen LogP contribution in [0.2, 0.25) is 0 Å². The number of phenolic OH excluding ortho intramolecular Hbond substituents is 1. The molecular weight excluding hydrogens is 306 g/mol. The predicted octanol–water partition coefficient (Wildman–Crippen LogP) is 3.24. The molecule has 0 saturated heterocycles. The van der Waals surface area contributed by atoms with Crippen LogP contribution in [0, 0.1) is 18.8 Å². The van der Waals surface area contributed by atoms with Gasteiger partial charge in [0.25, 0.3) is 5.91 Å². The lowest BCUT2D eigenvalue weighted by Crippen LogP contribution is -2.31. The number of halogens is 1. The molecule has 3 nitrogen and oxygen atoms in total. The molecule has 2 unspecified atom stereocenters. The third kappa shape index (κ3) is 3.50. The van der Waals surface area contributed by atoms with E-state index in [-0.39, 0.29) is 11.7 Å². The molecule has 2 rings (SSSR count). The van der Waals surface area contributed by atoms with Crippen molar-refractivity contribution in [1.29, 1.82) is 0 Å². The molecule has 19 heavy (non-hydrogen) atoms. The van der Waals surface area contributed by atoms with Gasteiger partial charge in [0.1, 0.15) is 5.75 Å². The monoisotopic (exact) mass is 325 g/mol. The van der Waals surface area contributed by atoms with Crippen molar-refractivity contribution < 1.29 is 9.90 Å². The minimum atomic E-state index is -0.0525. The molecular formula is C15H20BrNO2. The van der Waals surface area contributed by atoms with Gasteiger partial charge in [-0.05, 0) is 55.4 Å². The lowest BCUT2D eigenvalue weighted by atomic mass is 9.98. The summed E-state index contributed by atoms with van der Waals surface area (Å²) in [6.07, 6.45) is 3.71. The Labute approximate surface area is 122 Å². The summed E-state index contributed by atoms with van der Waals surface area (Å²) in [7, 11) is 0. The molecule has 0 radical (unpaired) electrons. The van der Waals surface area contributed by atoms with Crippen LogP contribution in [0.4, 0.5) is 0 Å². The van der Waals surface area contributed by atoms with Gasteiger partial charge in [0.15, 0.2) is 0 Å².